The number of benzene rings is 1. The van der Waals surface area contributed by atoms with Crippen molar-refractivity contribution in [2.75, 3.05) is 20.1 Å². The fourth-order valence-corrected chi connectivity index (χ4v) is 4.63. The summed E-state index contributed by atoms with van der Waals surface area (Å²) in [7, 11) is 4.22. The van der Waals surface area contributed by atoms with Crippen LogP contribution in [0.15, 0.2) is 30.7 Å². The number of nitrogens with one attached hydrogen (secondary N) is 1. The van der Waals surface area contributed by atoms with Crippen molar-refractivity contribution in [3.8, 4) is 0 Å². The van der Waals surface area contributed by atoms with Gasteiger partial charge in [-0.1, -0.05) is 6.07 Å². The Morgan fingerprint density at radius 3 is 2.88 bits per heavy atom. The van der Waals surface area contributed by atoms with E-state index < -0.39 is 0 Å². The molecule has 0 spiro atoms. The van der Waals surface area contributed by atoms with Gasteiger partial charge in [0.1, 0.15) is 0 Å². The molecule has 1 aromatic heterocycles. The number of aromatic nitrogens is 2. The summed E-state index contributed by atoms with van der Waals surface area (Å²) in [6.07, 6.45) is 9.58. The molecule has 2 heterocycles. The first-order valence-electron chi connectivity index (χ1n) is 9.70. The molecule has 1 saturated heterocycles. The van der Waals surface area contributed by atoms with Gasteiger partial charge in [-0.2, -0.15) is 0 Å². The van der Waals surface area contributed by atoms with Gasteiger partial charge in [-0.25, -0.2) is 4.98 Å². The fraction of sp³-hybridized carbons (Fsp3) is 0.524. The van der Waals surface area contributed by atoms with E-state index in [0.717, 1.165) is 31.4 Å². The third-order valence-corrected chi connectivity index (χ3v) is 6.05. The highest BCUT2D eigenvalue weighted by molar-refractivity contribution is 5.94. The lowest BCUT2D eigenvalue weighted by Gasteiger charge is -2.39. The van der Waals surface area contributed by atoms with Crippen molar-refractivity contribution in [3.05, 3.63) is 53.1 Å². The summed E-state index contributed by atoms with van der Waals surface area (Å²) in [5.41, 5.74) is 4.78. The molecule has 26 heavy (non-hydrogen) atoms. The fourth-order valence-electron chi connectivity index (χ4n) is 4.63. The molecule has 5 nitrogen and oxygen atoms in total. The molecule has 0 bridgehead atoms. The Bertz CT molecular complexity index is 797. The Hall–Kier alpha value is -2.14. The first kappa shape index (κ1) is 17.3. The molecule has 0 saturated carbocycles. The lowest BCUT2D eigenvalue weighted by molar-refractivity contribution is 0.0882. The first-order valence-corrected chi connectivity index (χ1v) is 9.70. The van der Waals surface area contributed by atoms with Gasteiger partial charge in [-0.3, -0.25) is 9.69 Å². The molecule has 1 amide bonds. The number of likely N-dealkylation sites (tertiary alicyclic amines) is 1. The zero-order valence-corrected chi connectivity index (χ0v) is 15.7. The molecule has 4 rings (SSSR count). The van der Waals surface area contributed by atoms with Crippen LogP contribution < -0.4 is 5.32 Å². The Morgan fingerprint density at radius 1 is 1.23 bits per heavy atom. The molecular weight excluding hydrogens is 324 g/mol. The molecule has 5 heteroatoms. The average Bonchev–Trinajstić information content (AvgIpc) is 3.27. The smallest absolute Gasteiger partial charge is 0.251 e. The molecule has 2 aromatic rings. The Labute approximate surface area is 155 Å². The van der Waals surface area contributed by atoms with Crippen LogP contribution in [-0.2, 0) is 19.9 Å². The highest BCUT2D eigenvalue weighted by atomic mass is 16.1. The molecule has 2 aliphatic rings. The lowest BCUT2D eigenvalue weighted by atomic mass is 9.87. The summed E-state index contributed by atoms with van der Waals surface area (Å²) in [6.45, 7) is 1.79. The van der Waals surface area contributed by atoms with E-state index in [1.54, 1.807) is 0 Å². The van der Waals surface area contributed by atoms with Gasteiger partial charge >= 0.3 is 0 Å². The summed E-state index contributed by atoms with van der Waals surface area (Å²) >= 11 is 0. The van der Waals surface area contributed by atoms with Crippen molar-refractivity contribution in [3.63, 3.8) is 0 Å². The summed E-state index contributed by atoms with van der Waals surface area (Å²) in [5, 5.41) is 3.20. The van der Waals surface area contributed by atoms with E-state index in [4.69, 9.17) is 0 Å². The standard InChI is InChI=1S/C21H28N4O/c1-24-10-4-7-18(20(24)19-13-22-14-25(19)2)12-23-21(26)17-9-8-15-5-3-6-16(15)11-17/h8-9,11,13-14,18,20H,3-7,10,12H2,1-2H3,(H,23,26)/t18-,20+/m0/s1. The second-order valence-electron chi connectivity index (χ2n) is 7.80. The van der Waals surface area contributed by atoms with Crippen LogP contribution in [-0.4, -0.2) is 40.5 Å². The number of piperidine rings is 1. The van der Waals surface area contributed by atoms with Crippen molar-refractivity contribution < 1.29 is 4.79 Å². The van der Waals surface area contributed by atoms with Gasteiger partial charge in [0.2, 0.25) is 0 Å². The number of carbonyl (C=O) groups excluding carboxylic acids is 1. The molecular formula is C21H28N4O. The van der Waals surface area contributed by atoms with Gasteiger partial charge in [0.25, 0.3) is 5.91 Å². The molecule has 1 N–H and O–H groups in total. The second kappa shape index (κ2) is 7.23. The lowest BCUT2D eigenvalue weighted by Crippen LogP contribution is -2.42. The predicted octanol–water partition coefficient (Wildman–Crippen LogP) is 2.72. The van der Waals surface area contributed by atoms with Crippen LogP contribution in [0.25, 0.3) is 0 Å². The second-order valence-corrected chi connectivity index (χ2v) is 7.80. The van der Waals surface area contributed by atoms with Gasteiger partial charge in [0.05, 0.1) is 18.1 Å². The maximum Gasteiger partial charge on any atom is 0.251 e. The minimum absolute atomic E-state index is 0.0525. The summed E-state index contributed by atoms with van der Waals surface area (Å²) in [4.78, 5) is 19.4. The summed E-state index contributed by atoms with van der Waals surface area (Å²) < 4.78 is 2.10. The topological polar surface area (TPSA) is 50.2 Å². The minimum atomic E-state index is 0.0525. The zero-order valence-electron chi connectivity index (χ0n) is 15.7. The number of carbonyl (C=O) groups is 1. The molecule has 1 aliphatic carbocycles. The van der Waals surface area contributed by atoms with E-state index >= 15 is 0 Å². The quantitative estimate of drug-likeness (QED) is 0.920. The van der Waals surface area contributed by atoms with Crippen LogP contribution in [0.3, 0.4) is 0 Å². The van der Waals surface area contributed by atoms with Crippen LogP contribution in [0.4, 0.5) is 0 Å². The first-order chi connectivity index (χ1) is 12.6. The number of nitrogens with zero attached hydrogens (tertiary/aromatic N) is 3. The zero-order chi connectivity index (χ0) is 18.1. The highest BCUT2D eigenvalue weighted by Gasteiger charge is 2.32. The summed E-state index contributed by atoms with van der Waals surface area (Å²) in [6, 6.07) is 6.50. The van der Waals surface area contributed by atoms with E-state index in [9.17, 15) is 4.79 Å². The largest absolute Gasteiger partial charge is 0.352 e. The van der Waals surface area contributed by atoms with E-state index in [1.165, 1.54) is 29.7 Å². The van der Waals surface area contributed by atoms with Crippen molar-refractivity contribution in [2.45, 2.75) is 38.1 Å². The third kappa shape index (κ3) is 3.28. The SMILES string of the molecule is CN1CCC[C@@H](CNC(=O)c2ccc3c(c2)CCC3)[C@@H]1c1cncn1C. The van der Waals surface area contributed by atoms with Crippen LogP contribution in [0.2, 0.25) is 0 Å². The number of hydrogen-bond donors (Lipinski definition) is 1. The van der Waals surface area contributed by atoms with E-state index in [2.05, 4.69) is 38.9 Å². The highest BCUT2D eigenvalue weighted by Crippen LogP contribution is 2.34. The molecule has 0 unspecified atom stereocenters. The number of aryl methyl sites for hydroxylation is 3. The Morgan fingerprint density at radius 2 is 2.08 bits per heavy atom. The van der Waals surface area contributed by atoms with Gasteiger partial charge in [0, 0.05) is 25.4 Å². The normalized spacial score (nSPS) is 23.0. The van der Waals surface area contributed by atoms with Crippen molar-refractivity contribution in [1.29, 1.82) is 0 Å². The number of imidazole rings is 1. The maximum absolute atomic E-state index is 12.7. The van der Waals surface area contributed by atoms with Crippen LogP contribution in [0, 0.1) is 5.92 Å². The van der Waals surface area contributed by atoms with E-state index in [1.807, 2.05) is 25.6 Å². The van der Waals surface area contributed by atoms with Gasteiger partial charge in [-0.15, -0.1) is 0 Å². The van der Waals surface area contributed by atoms with Crippen LogP contribution >= 0.6 is 0 Å². The summed E-state index contributed by atoms with van der Waals surface area (Å²) in [5.74, 6) is 0.458. The van der Waals surface area contributed by atoms with E-state index in [-0.39, 0.29) is 5.91 Å². The van der Waals surface area contributed by atoms with E-state index in [0.29, 0.717) is 18.5 Å². The maximum atomic E-state index is 12.7. The Kier molecular flexibility index (Phi) is 4.81. The van der Waals surface area contributed by atoms with Crippen molar-refractivity contribution >= 4 is 5.91 Å². The number of amides is 1. The monoisotopic (exact) mass is 352 g/mol. The van der Waals surface area contributed by atoms with Crippen LogP contribution in [0.1, 0.15) is 52.5 Å². The minimum Gasteiger partial charge on any atom is -0.352 e. The molecule has 2 atom stereocenters. The Balaban J connectivity index is 1.45. The average molecular weight is 352 g/mol. The van der Waals surface area contributed by atoms with Gasteiger partial charge < -0.3 is 9.88 Å². The molecule has 138 valence electrons. The number of fused-ring (bicyclic) bond motifs is 1. The number of hydrogen-bond acceptors (Lipinski definition) is 3. The van der Waals surface area contributed by atoms with Gasteiger partial charge in [0.15, 0.2) is 0 Å². The van der Waals surface area contributed by atoms with Crippen molar-refractivity contribution in [2.24, 2.45) is 13.0 Å². The third-order valence-electron chi connectivity index (χ3n) is 6.05. The number of rotatable bonds is 4. The molecule has 1 aliphatic heterocycles. The van der Waals surface area contributed by atoms with Gasteiger partial charge in [-0.05, 0) is 74.9 Å². The predicted molar refractivity (Wildman–Crippen MR) is 102 cm³/mol. The molecule has 1 aromatic carbocycles. The van der Waals surface area contributed by atoms with Crippen molar-refractivity contribution in [1.82, 2.24) is 19.8 Å². The molecule has 1 fully saturated rings. The molecule has 0 radical (unpaired) electrons. The van der Waals surface area contributed by atoms with Crippen LogP contribution in [0.5, 0.6) is 0 Å².